The molecule has 26 heteroatoms. The molecule has 1 saturated heterocycles. The summed E-state index contributed by atoms with van der Waals surface area (Å²) in [5, 5.41) is 84.1. The Morgan fingerprint density at radius 1 is 0.709 bits per heavy atom. The number of nitrogens with two attached hydrogens (primary N) is 6. The molecule has 0 aromatic heterocycles. The molecular weight excluding hydrogens is 766 g/mol. The van der Waals surface area contributed by atoms with Gasteiger partial charge in [0, 0.05) is 5.75 Å². The van der Waals surface area contributed by atoms with Gasteiger partial charge >= 0.3 is 47.8 Å². The molecule has 25 nitrogen and oxygen atoms in total. The molecule has 1 aliphatic rings. The van der Waals surface area contributed by atoms with Crippen LogP contribution in [0, 0.1) is 0 Å². The standard InChI is InChI=1S/C9H11NO3.C5H9NO2.C4H7NO4.C3H7NO3.C3H7NO2S.C3H7NO2.C2H5NO2/c10-8(9(12)13)5-6-1-3-7(11)4-2-6;7-5(8)4-2-1-3-6-4;5-2(4(8)9)1-3(6)7;4-2(1-5)3(6)7;4-2(1-7)3(5)6;1-2(4)3(5)6;3-1-2(4)5/h1-4,8,11H,5,10H2,(H,12,13);4,6H,1-3H2,(H,7,8);2H,1,5H2,(H,6,7)(H,8,9);2,5H,1,4H2,(H,6,7);2,7H,1,4H2,(H,5,6);2H,4H2,1H3,(H,5,6);1,3H2,(H,4,5)/t;4-;;;;;/m.0...../s1. The highest BCUT2D eigenvalue weighted by Crippen LogP contribution is 2.10. The third-order valence-electron chi connectivity index (χ3n) is 5.37. The SMILES string of the molecule is CC(N)C(=O)O.NC(CC(=O)O)C(=O)O.NC(CO)C(=O)O.NC(CS)C(=O)O.NC(Cc1ccc(O)cc1)C(=O)O.NCC(=O)O.O=C(O)[C@@H]1CCCN1. The largest absolute Gasteiger partial charge is 0.508 e. The van der Waals surface area contributed by atoms with Crippen molar-refractivity contribution in [2.45, 2.75) is 68.9 Å². The molecule has 2 rings (SSSR count). The highest BCUT2D eigenvalue weighted by atomic mass is 32.1. The Morgan fingerprint density at radius 3 is 1.27 bits per heavy atom. The average Bonchev–Trinajstić information content (AvgIpc) is 3.65. The minimum absolute atomic E-state index is 0.160. The van der Waals surface area contributed by atoms with Gasteiger partial charge in [0.05, 0.1) is 19.6 Å². The van der Waals surface area contributed by atoms with Crippen LogP contribution >= 0.6 is 12.6 Å². The minimum atomic E-state index is -1.29. The number of aromatic hydroxyl groups is 1. The number of aliphatic hydroxyl groups is 1. The molecule has 0 spiro atoms. The van der Waals surface area contributed by atoms with Crippen LogP contribution in [0.1, 0.15) is 31.7 Å². The highest BCUT2D eigenvalue weighted by Gasteiger charge is 2.20. The molecule has 1 aliphatic heterocycles. The predicted octanol–water partition coefficient (Wildman–Crippen LogP) is -4.79. The molecule has 0 bridgehead atoms. The fraction of sp³-hybridized carbons (Fsp3) is 0.517. The normalized spacial score (nSPS) is 14.7. The Balaban J connectivity index is -0.000000181. The summed E-state index contributed by atoms with van der Waals surface area (Å²) in [5.41, 5.74) is 30.1. The number of hydrogen-bond acceptors (Lipinski definition) is 18. The van der Waals surface area contributed by atoms with E-state index in [-0.39, 0.29) is 30.5 Å². The molecule has 1 aromatic carbocycles. The van der Waals surface area contributed by atoms with Gasteiger partial charge in [-0.15, -0.1) is 0 Å². The van der Waals surface area contributed by atoms with Gasteiger partial charge < -0.3 is 90.8 Å². The summed E-state index contributed by atoms with van der Waals surface area (Å²) in [7, 11) is 0. The second-order valence-electron chi connectivity index (χ2n) is 10.3. The number of rotatable bonds is 13. The second-order valence-corrected chi connectivity index (χ2v) is 10.7. The number of aliphatic carboxylic acids is 8. The second kappa shape index (κ2) is 35.8. The fourth-order valence-corrected chi connectivity index (χ4v) is 2.46. The smallest absolute Gasteiger partial charge is 0.322 e. The number of nitrogens with one attached hydrogen (secondary N) is 1. The number of hydrogen-bond donors (Lipinski definition) is 18. The molecular formula is C29H53N7O18S. The molecule has 1 aromatic rings. The van der Waals surface area contributed by atoms with Crippen molar-refractivity contribution in [2.24, 2.45) is 34.4 Å². The van der Waals surface area contributed by atoms with Crippen LogP contribution in [0.5, 0.6) is 5.75 Å². The Labute approximate surface area is 319 Å². The van der Waals surface area contributed by atoms with Crippen molar-refractivity contribution in [3.05, 3.63) is 29.8 Å². The van der Waals surface area contributed by atoms with E-state index in [2.05, 4.69) is 23.7 Å². The van der Waals surface area contributed by atoms with E-state index in [4.69, 9.17) is 79.7 Å². The van der Waals surface area contributed by atoms with Crippen molar-refractivity contribution in [3.8, 4) is 5.75 Å². The molecule has 0 radical (unpaired) electrons. The number of phenols is 1. The maximum atomic E-state index is 10.4. The summed E-state index contributed by atoms with van der Waals surface area (Å²) >= 11 is 3.65. The van der Waals surface area contributed by atoms with Gasteiger partial charge in [-0.05, 0) is 50.4 Å². The first-order chi connectivity index (χ1) is 25.2. The maximum Gasteiger partial charge on any atom is 0.322 e. The Morgan fingerprint density at radius 2 is 1.11 bits per heavy atom. The number of phenolic OH excluding ortho intramolecular Hbond substituents is 1. The quantitative estimate of drug-likeness (QED) is 0.0830. The number of benzene rings is 1. The first-order valence-corrected chi connectivity index (χ1v) is 15.9. The molecule has 318 valence electrons. The van der Waals surface area contributed by atoms with Crippen molar-refractivity contribution in [1.29, 1.82) is 0 Å². The van der Waals surface area contributed by atoms with E-state index in [1.807, 2.05) is 0 Å². The monoisotopic (exact) mass is 819 g/mol. The van der Waals surface area contributed by atoms with Gasteiger partial charge in [0.15, 0.2) is 0 Å². The minimum Gasteiger partial charge on any atom is -0.508 e. The van der Waals surface area contributed by atoms with Gasteiger partial charge in [0.2, 0.25) is 0 Å². The third-order valence-corrected chi connectivity index (χ3v) is 5.76. The lowest BCUT2D eigenvalue weighted by atomic mass is 10.1. The lowest BCUT2D eigenvalue weighted by Gasteiger charge is -2.05. The number of carboxylic acids is 8. The first-order valence-electron chi connectivity index (χ1n) is 15.2. The van der Waals surface area contributed by atoms with Crippen molar-refractivity contribution < 1.29 is 89.4 Å². The zero-order valence-electron chi connectivity index (χ0n) is 29.6. The van der Waals surface area contributed by atoms with Crippen molar-refractivity contribution in [3.63, 3.8) is 0 Å². The van der Waals surface area contributed by atoms with E-state index < -0.39 is 91.0 Å². The molecule has 1 fully saturated rings. The molecule has 6 atom stereocenters. The highest BCUT2D eigenvalue weighted by molar-refractivity contribution is 7.80. The van der Waals surface area contributed by atoms with E-state index in [1.165, 1.54) is 19.1 Å². The van der Waals surface area contributed by atoms with Gasteiger partial charge in [0.25, 0.3) is 0 Å². The fourth-order valence-electron chi connectivity index (χ4n) is 2.30. The lowest BCUT2D eigenvalue weighted by Crippen LogP contribution is -2.33. The summed E-state index contributed by atoms with van der Waals surface area (Å²) in [6.45, 7) is 1.49. The van der Waals surface area contributed by atoms with Crippen molar-refractivity contribution >= 4 is 60.4 Å². The lowest BCUT2D eigenvalue weighted by molar-refractivity contribution is -0.144. The van der Waals surface area contributed by atoms with E-state index in [1.54, 1.807) is 12.1 Å². The van der Waals surface area contributed by atoms with Crippen molar-refractivity contribution in [1.82, 2.24) is 5.32 Å². The summed E-state index contributed by atoms with van der Waals surface area (Å²) in [5.74, 6) is -8.00. The Bertz CT molecular complexity index is 1270. The molecule has 1 heterocycles. The van der Waals surface area contributed by atoms with E-state index in [9.17, 15) is 38.4 Å². The van der Waals surface area contributed by atoms with Gasteiger partial charge in [0.1, 0.15) is 42.0 Å². The van der Waals surface area contributed by atoms with Gasteiger partial charge in [-0.2, -0.15) is 12.6 Å². The van der Waals surface area contributed by atoms with E-state index >= 15 is 0 Å². The van der Waals surface area contributed by atoms with Gasteiger partial charge in [-0.1, -0.05) is 12.1 Å². The predicted molar refractivity (Wildman–Crippen MR) is 194 cm³/mol. The average molecular weight is 820 g/mol. The van der Waals surface area contributed by atoms with Crippen LogP contribution in [0.25, 0.3) is 0 Å². The summed E-state index contributed by atoms with van der Waals surface area (Å²) < 4.78 is 0. The van der Waals surface area contributed by atoms with Crippen LogP contribution in [0.3, 0.4) is 0 Å². The summed E-state index contributed by atoms with van der Waals surface area (Å²) in [4.78, 5) is 78.4. The maximum absolute atomic E-state index is 10.4. The molecule has 0 saturated carbocycles. The zero-order chi connectivity index (χ0) is 44.4. The van der Waals surface area contributed by atoms with E-state index in [0.29, 0.717) is 0 Å². The number of carbonyl (C=O) groups is 8. The first kappa shape index (κ1) is 59.1. The number of aliphatic hydroxyl groups excluding tert-OH is 1. The number of carboxylic acid groups (broad SMARTS) is 8. The summed E-state index contributed by atoms with van der Waals surface area (Å²) in [6.07, 6.45) is 1.53. The Hall–Kier alpha value is -5.19. The third kappa shape index (κ3) is 43.1. The number of thiol groups is 1. The molecule has 0 aliphatic carbocycles. The molecule has 5 unspecified atom stereocenters. The summed E-state index contributed by atoms with van der Waals surface area (Å²) in [6, 6.07) is 1.19. The Kier molecular flexibility index (Phi) is 38.5. The van der Waals surface area contributed by atoms with Gasteiger partial charge in [-0.25, -0.2) is 0 Å². The van der Waals surface area contributed by atoms with Gasteiger partial charge in [-0.3, -0.25) is 38.4 Å². The van der Waals surface area contributed by atoms with E-state index in [0.717, 1.165) is 24.9 Å². The molecule has 55 heavy (non-hydrogen) atoms. The van der Waals surface area contributed by atoms with Crippen LogP contribution in [-0.2, 0) is 44.8 Å². The van der Waals surface area contributed by atoms with Crippen LogP contribution in [-0.4, -0.2) is 161 Å². The van der Waals surface area contributed by atoms with Crippen LogP contribution < -0.4 is 39.7 Å². The van der Waals surface area contributed by atoms with Crippen molar-refractivity contribution in [2.75, 3.05) is 25.4 Å². The molecule has 23 N–H and O–H groups in total. The van der Waals surface area contributed by atoms with Crippen LogP contribution in [0.2, 0.25) is 0 Å². The topological polar surface area (TPSA) is 507 Å². The van der Waals surface area contributed by atoms with Crippen LogP contribution in [0.4, 0.5) is 0 Å². The van der Waals surface area contributed by atoms with Crippen LogP contribution in [0.15, 0.2) is 24.3 Å². The molecule has 0 amide bonds. The zero-order valence-corrected chi connectivity index (χ0v) is 30.5.